The number of rotatable bonds is 4. The van der Waals surface area contributed by atoms with E-state index < -0.39 is 12.2 Å². The summed E-state index contributed by atoms with van der Waals surface area (Å²) in [7, 11) is 0. The number of H-pyrrole nitrogens is 1. The number of nitrogens with one attached hydrogen (secondary N) is 1. The number of aromatic nitrogens is 2. The van der Waals surface area contributed by atoms with Crippen LogP contribution >= 0.6 is 29.3 Å². The van der Waals surface area contributed by atoms with Gasteiger partial charge >= 0.3 is 5.69 Å². The third-order valence-corrected chi connectivity index (χ3v) is 12.0. The Morgan fingerprint density at radius 1 is 1.38 bits per heavy atom. The van der Waals surface area contributed by atoms with E-state index in [9.17, 15) is 9.59 Å². The maximum Gasteiger partial charge on any atom is 0.330 e. The molecule has 2 fully saturated rings. The van der Waals surface area contributed by atoms with Crippen LogP contribution in [0.5, 0.6) is 0 Å². The number of aryl methyl sites for hydroxylation is 1. The molecular formula is C15H23N2O4PS2. The zero-order valence-corrected chi connectivity index (χ0v) is 16.7. The van der Waals surface area contributed by atoms with Crippen molar-refractivity contribution < 1.29 is 9.26 Å². The fourth-order valence-corrected chi connectivity index (χ4v) is 11.8. The second-order valence-corrected chi connectivity index (χ2v) is 12.8. The standard InChI is InChI=1S/C15H23N2O4PS2/c1-5-11-12(21-22-23-9(3)10(4)24-22)6-13(20-11)17-7-8(2)14(18)16-15(17)19/h7,9-13H,5-6H2,1-4H3,(H,16,18,19)/t9?,10?,11-,12-,13-,22?/m1/s1. The highest BCUT2D eigenvalue weighted by Gasteiger charge is 2.41. The quantitative estimate of drug-likeness (QED) is 0.795. The van der Waals surface area contributed by atoms with Crippen LogP contribution < -0.4 is 11.2 Å². The smallest absolute Gasteiger partial charge is 0.330 e. The monoisotopic (exact) mass is 390 g/mol. The molecule has 2 unspecified atom stereocenters. The first-order chi connectivity index (χ1) is 11.4. The van der Waals surface area contributed by atoms with Gasteiger partial charge in [-0.1, -0.05) is 43.5 Å². The molecule has 2 aliphatic rings. The molecule has 3 rings (SSSR count). The summed E-state index contributed by atoms with van der Waals surface area (Å²) in [6.07, 6.45) is 2.63. The molecule has 134 valence electrons. The van der Waals surface area contributed by atoms with Crippen molar-refractivity contribution in [2.75, 3.05) is 0 Å². The molecule has 24 heavy (non-hydrogen) atoms. The van der Waals surface area contributed by atoms with Crippen molar-refractivity contribution in [3.63, 3.8) is 0 Å². The lowest BCUT2D eigenvalue weighted by Crippen LogP contribution is -2.33. The molecule has 0 aliphatic carbocycles. The lowest BCUT2D eigenvalue weighted by atomic mass is 10.1. The van der Waals surface area contributed by atoms with E-state index in [4.69, 9.17) is 9.26 Å². The third-order valence-electron chi connectivity index (χ3n) is 4.43. The summed E-state index contributed by atoms with van der Waals surface area (Å²) in [5.74, 6) is 0. The molecule has 3 heterocycles. The number of hydrogen-bond acceptors (Lipinski definition) is 6. The van der Waals surface area contributed by atoms with Crippen molar-refractivity contribution in [2.45, 2.75) is 69.5 Å². The van der Waals surface area contributed by atoms with E-state index in [1.165, 1.54) is 4.57 Å². The van der Waals surface area contributed by atoms with Gasteiger partial charge in [0.05, 0.1) is 12.2 Å². The zero-order chi connectivity index (χ0) is 17.4. The maximum absolute atomic E-state index is 12.1. The molecule has 6 nitrogen and oxygen atoms in total. The van der Waals surface area contributed by atoms with E-state index in [0.29, 0.717) is 22.5 Å². The van der Waals surface area contributed by atoms with Crippen molar-refractivity contribution in [3.05, 3.63) is 32.6 Å². The van der Waals surface area contributed by atoms with Crippen molar-refractivity contribution in [3.8, 4) is 0 Å². The predicted octanol–water partition coefficient (Wildman–Crippen LogP) is 3.41. The molecule has 9 heteroatoms. The van der Waals surface area contributed by atoms with E-state index in [0.717, 1.165) is 6.42 Å². The minimum absolute atomic E-state index is 0.0113. The van der Waals surface area contributed by atoms with Crippen molar-refractivity contribution in [2.24, 2.45) is 0 Å². The second-order valence-electron chi connectivity index (χ2n) is 6.24. The van der Waals surface area contributed by atoms with E-state index in [-0.39, 0.29) is 24.0 Å². The Hall–Kier alpha value is -0.270. The molecule has 0 radical (unpaired) electrons. The van der Waals surface area contributed by atoms with Gasteiger partial charge in [0.25, 0.3) is 5.56 Å². The van der Waals surface area contributed by atoms with Gasteiger partial charge in [0.15, 0.2) is 6.55 Å². The minimum Gasteiger partial charge on any atom is -0.352 e. The van der Waals surface area contributed by atoms with Crippen molar-refractivity contribution >= 4 is 29.3 Å². The highest BCUT2D eigenvalue weighted by molar-refractivity contribution is 8.88. The van der Waals surface area contributed by atoms with Gasteiger partial charge in [0.2, 0.25) is 0 Å². The minimum atomic E-state index is -0.566. The molecule has 2 saturated heterocycles. The molecule has 0 aromatic carbocycles. The topological polar surface area (TPSA) is 73.3 Å². The SMILES string of the molecule is CC[C@H]1O[C@@H](n2cc(C)c(=O)[nH]c2=O)C[C@H]1OP1SC(C)C(C)S1. The van der Waals surface area contributed by atoms with Crippen LogP contribution in [0.2, 0.25) is 0 Å². The van der Waals surface area contributed by atoms with Gasteiger partial charge in [-0.25, -0.2) is 4.79 Å². The molecule has 1 aromatic rings. The summed E-state index contributed by atoms with van der Waals surface area (Å²) in [6, 6.07) is 0. The highest BCUT2D eigenvalue weighted by atomic mass is 33.1. The molecule has 1 aromatic heterocycles. The van der Waals surface area contributed by atoms with E-state index in [1.54, 1.807) is 13.1 Å². The van der Waals surface area contributed by atoms with Gasteiger partial charge in [0, 0.05) is 28.7 Å². The third kappa shape index (κ3) is 3.78. The average Bonchev–Trinajstić information content (AvgIpc) is 3.06. The van der Waals surface area contributed by atoms with Crippen LogP contribution in [-0.2, 0) is 9.26 Å². The summed E-state index contributed by atoms with van der Waals surface area (Å²) in [6.45, 7) is 7.66. The maximum atomic E-state index is 12.1. The van der Waals surface area contributed by atoms with Crippen LogP contribution in [0.4, 0.5) is 0 Å². The van der Waals surface area contributed by atoms with Gasteiger partial charge in [0.1, 0.15) is 6.23 Å². The van der Waals surface area contributed by atoms with Gasteiger partial charge in [-0.15, -0.1) is 0 Å². The van der Waals surface area contributed by atoms with Crippen LogP contribution in [0, 0.1) is 6.92 Å². The first-order valence-corrected chi connectivity index (χ1v) is 12.4. The van der Waals surface area contributed by atoms with E-state index in [2.05, 4.69) is 25.8 Å². The first kappa shape index (κ1) is 18.5. The van der Waals surface area contributed by atoms with E-state index in [1.807, 2.05) is 22.8 Å². The Balaban J connectivity index is 1.74. The van der Waals surface area contributed by atoms with Gasteiger partial charge < -0.3 is 9.26 Å². The van der Waals surface area contributed by atoms with Gasteiger partial charge in [-0.3, -0.25) is 14.3 Å². The van der Waals surface area contributed by atoms with Gasteiger partial charge in [-0.2, -0.15) is 0 Å². The molecule has 1 N–H and O–H groups in total. The predicted molar refractivity (Wildman–Crippen MR) is 101 cm³/mol. The molecule has 5 atom stereocenters. The average molecular weight is 390 g/mol. The van der Waals surface area contributed by atoms with E-state index >= 15 is 0 Å². The molecule has 0 bridgehead atoms. The van der Waals surface area contributed by atoms with Gasteiger partial charge in [-0.05, 0) is 13.3 Å². The lowest BCUT2D eigenvalue weighted by Gasteiger charge is -2.20. The van der Waals surface area contributed by atoms with Crippen molar-refractivity contribution in [1.29, 1.82) is 0 Å². The molecule has 0 amide bonds. The van der Waals surface area contributed by atoms with Crippen molar-refractivity contribution in [1.82, 2.24) is 9.55 Å². The molecular weight excluding hydrogens is 367 g/mol. The summed E-state index contributed by atoms with van der Waals surface area (Å²) < 4.78 is 13.9. The van der Waals surface area contributed by atoms with Crippen LogP contribution in [0.25, 0.3) is 0 Å². The largest absolute Gasteiger partial charge is 0.352 e. The van der Waals surface area contributed by atoms with Crippen LogP contribution in [0.3, 0.4) is 0 Å². The number of ether oxygens (including phenoxy) is 1. The molecule has 0 saturated carbocycles. The summed E-state index contributed by atoms with van der Waals surface area (Å²) in [5.41, 5.74) is -0.271. The molecule has 0 spiro atoms. The Morgan fingerprint density at radius 3 is 2.67 bits per heavy atom. The Kier molecular flexibility index (Phi) is 5.82. The summed E-state index contributed by atoms with van der Waals surface area (Å²) in [5, 5.41) is 1.20. The zero-order valence-electron chi connectivity index (χ0n) is 14.2. The lowest BCUT2D eigenvalue weighted by molar-refractivity contribution is -0.0163. The normalized spacial score (nSPS) is 36.3. The number of aromatic amines is 1. The second kappa shape index (κ2) is 7.54. The Bertz CT molecular complexity index is 699. The van der Waals surface area contributed by atoms with Crippen LogP contribution in [0.1, 0.15) is 45.4 Å². The highest BCUT2D eigenvalue weighted by Crippen LogP contribution is 2.72. The fourth-order valence-electron chi connectivity index (χ4n) is 2.77. The first-order valence-electron chi connectivity index (χ1n) is 8.17. The van der Waals surface area contributed by atoms with Crippen LogP contribution in [-0.4, -0.2) is 32.3 Å². The number of hydrogen-bond donors (Lipinski definition) is 1. The fraction of sp³-hybridized carbons (Fsp3) is 0.733. The summed E-state index contributed by atoms with van der Waals surface area (Å²) in [4.78, 5) is 26.0. The Morgan fingerprint density at radius 2 is 2.04 bits per heavy atom. The van der Waals surface area contributed by atoms with Crippen LogP contribution in [0.15, 0.2) is 15.8 Å². The number of nitrogens with zero attached hydrogens (tertiary/aromatic N) is 1. The summed E-state index contributed by atoms with van der Waals surface area (Å²) >= 11 is 3.82. The Labute approximate surface area is 150 Å². The molecule has 2 aliphatic heterocycles.